The SMILES string of the molecule is CC(C)(C)n1cc(/C=C/c2nccs2)nn1. The summed E-state index contributed by atoms with van der Waals surface area (Å²) in [5, 5.41) is 11.1. The molecule has 0 aliphatic carbocycles. The molecule has 0 saturated carbocycles. The van der Waals surface area contributed by atoms with Gasteiger partial charge in [0.15, 0.2) is 0 Å². The van der Waals surface area contributed by atoms with E-state index in [0.717, 1.165) is 10.7 Å². The van der Waals surface area contributed by atoms with Gasteiger partial charge in [-0.3, -0.25) is 0 Å². The monoisotopic (exact) mass is 234 g/mol. The van der Waals surface area contributed by atoms with E-state index in [1.54, 1.807) is 17.5 Å². The molecule has 0 aliphatic heterocycles. The van der Waals surface area contributed by atoms with Gasteiger partial charge in [0.25, 0.3) is 0 Å². The van der Waals surface area contributed by atoms with Crippen LogP contribution in [0.5, 0.6) is 0 Å². The Kier molecular flexibility index (Phi) is 2.87. The van der Waals surface area contributed by atoms with Crippen LogP contribution >= 0.6 is 11.3 Å². The Hall–Kier alpha value is -1.49. The van der Waals surface area contributed by atoms with Crippen molar-refractivity contribution in [1.29, 1.82) is 0 Å². The molecular formula is C11H14N4S. The number of aromatic nitrogens is 4. The molecule has 0 amide bonds. The van der Waals surface area contributed by atoms with Crippen molar-refractivity contribution in [2.75, 3.05) is 0 Å². The zero-order valence-corrected chi connectivity index (χ0v) is 10.4. The van der Waals surface area contributed by atoms with Crippen molar-refractivity contribution in [3.63, 3.8) is 0 Å². The van der Waals surface area contributed by atoms with Crippen LogP contribution in [-0.2, 0) is 5.54 Å². The maximum Gasteiger partial charge on any atom is 0.116 e. The molecule has 4 nitrogen and oxygen atoms in total. The second kappa shape index (κ2) is 4.17. The van der Waals surface area contributed by atoms with Crippen molar-refractivity contribution in [3.05, 3.63) is 28.5 Å². The summed E-state index contributed by atoms with van der Waals surface area (Å²) < 4.78 is 1.86. The van der Waals surface area contributed by atoms with E-state index in [4.69, 9.17) is 0 Å². The first-order valence-corrected chi connectivity index (χ1v) is 5.94. The topological polar surface area (TPSA) is 43.6 Å². The minimum absolute atomic E-state index is 0.0275. The van der Waals surface area contributed by atoms with Gasteiger partial charge in [0.2, 0.25) is 0 Å². The number of rotatable bonds is 2. The fraction of sp³-hybridized carbons (Fsp3) is 0.364. The van der Waals surface area contributed by atoms with Crippen LogP contribution in [-0.4, -0.2) is 20.0 Å². The summed E-state index contributed by atoms with van der Waals surface area (Å²) in [7, 11) is 0. The van der Waals surface area contributed by atoms with Crippen molar-refractivity contribution in [2.24, 2.45) is 0 Å². The predicted octanol–water partition coefficient (Wildman–Crippen LogP) is 2.66. The van der Waals surface area contributed by atoms with Gasteiger partial charge in [-0.15, -0.1) is 16.4 Å². The van der Waals surface area contributed by atoms with Gasteiger partial charge in [0.1, 0.15) is 10.7 Å². The molecule has 5 heteroatoms. The molecule has 0 aliphatic rings. The summed E-state index contributed by atoms with van der Waals surface area (Å²) in [6, 6.07) is 0. The van der Waals surface area contributed by atoms with Crippen molar-refractivity contribution >= 4 is 23.5 Å². The van der Waals surface area contributed by atoms with Crippen molar-refractivity contribution in [1.82, 2.24) is 20.0 Å². The Labute approximate surface area is 98.6 Å². The second-order valence-electron chi connectivity index (χ2n) is 4.46. The number of nitrogens with zero attached hydrogens (tertiary/aromatic N) is 4. The van der Waals surface area contributed by atoms with Gasteiger partial charge < -0.3 is 0 Å². The van der Waals surface area contributed by atoms with Crippen molar-refractivity contribution in [2.45, 2.75) is 26.3 Å². The highest BCUT2D eigenvalue weighted by atomic mass is 32.1. The van der Waals surface area contributed by atoms with E-state index in [2.05, 4.69) is 36.1 Å². The van der Waals surface area contributed by atoms with Crippen LogP contribution in [0.1, 0.15) is 31.5 Å². The predicted molar refractivity (Wildman–Crippen MR) is 66.1 cm³/mol. The third-order valence-electron chi connectivity index (χ3n) is 2.05. The zero-order chi connectivity index (χ0) is 11.6. The number of thiazole rings is 1. The molecule has 0 unspecified atom stereocenters. The molecule has 16 heavy (non-hydrogen) atoms. The van der Waals surface area contributed by atoms with Crippen LogP contribution in [0.25, 0.3) is 12.2 Å². The molecule has 2 heterocycles. The van der Waals surface area contributed by atoms with Gasteiger partial charge in [-0.1, -0.05) is 5.21 Å². The van der Waals surface area contributed by atoms with Crippen LogP contribution < -0.4 is 0 Å². The first-order valence-electron chi connectivity index (χ1n) is 5.06. The maximum atomic E-state index is 4.16. The Morgan fingerprint density at radius 1 is 1.31 bits per heavy atom. The summed E-state index contributed by atoms with van der Waals surface area (Å²) in [6.45, 7) is 6.28. The molecule has 2 aromatic rings. The maximum absolute atomic E-state index is 4.16. The molecule has 0 bridgehead atoms. The first-order chi connectivity index (χ1) is 7.55. The van der Waals surface area contributed by atoms with Gasteiger partial charge in [-0.05, 0) is 32.9 Å². The van der Waals surface area contributed by atoms with E-state index in [-0.39, 0.29) is 5.54 Å². The van der Waals surface area contributed by atoms with Crippen LogP contribution in [0.3, 0.4) is 0 Å². The van der Waals surface area contributed by atoms with Crippen LogP contribution in [0.4, 0.5) is 0 Å². The average molecular weight is 234 g/mol. The lowest BCUT2D eigenvalue weighted by Gasteiger charge is -2.17. The number of hydrogen-bond donors (Lipinski definition) is 0. The number of hydrogen-bond acceptors (Lipinski definition) is 4. The Morgan fingerprint density at radius 2 is 2.12 bits per heavy atom. The molecule has 2 rings (SSSR count). The molecule has 84 valence electrons. The molecule has 0 N–H and O–H groups in total. The Morgan fingerprint density at radius 3 is 2.69 bits per heavy atom. The zero-order valence-electron chi connectivity index (χ0n) is 9.58. The highest BCUT2D eigenvalue weighted by Crippen LogP contribution is 2.13. The lowest BCUT2D eigenvalue weighted by atomic mass is 10.1. The molecule has 0 spiro atoms. The lowest BCUT2D eigenvalue weighted by Crippen LogP contribution is -2.22. The third kappa shape index (κ3) is 2.55. The fourth-order valence-corrected chi connectivity index (χ4v) is 1.68. The van der Waals surface area contributed by atoms with E-state index in [1.165, 1.54) is 0 Å². The van der Waals surface area contributed by atoms with Gasteiger partial charge in [0, 0.05) is 11.6 Å². The van der Waals surface area contributed by atoms with Crippen LogP contribution in [0.2, 0.25) is 0 Å². The smallest absolute Gasteiger partial charge is 0.116 e. The van der Waals surface area contributed by atoms with Crippen LogP contribution in [0, 0.1) is 0 Å². The summed E-state index contributed by atoms with van der Waals surface area (Å²) in [4.78, 5) is 4.16. The van der Waals surface area contributed by atoms with Gasteiger partial charge >= 0.3 is 0 Å². The van der Waals surface area contributed by atoms with E-state index in [1.807, 2.05) is 28.4 Å². The Bertz CT molecular complexity index is 476. The molecule has 2 aromatic heterocycles. The highest BCUT2D eigenvalue weighted by molar-refractivity contribution is 7.10. The summed E-state index contributed by atoms with van der Waals surface area (Å²) in [5.74, 6) is 0. The van der Waals surface area contributed by atoms with Gasteiger partial charge in [0.05, 0.1) is 11.7 Å². The molecule has 0 saturated heterocycles. The van der Waals surface area contributed by atoms with E-state index in [9.17, 15) is 0 Å². The minimum Gasteiger partial charge on any atom is -0.247 e. The van der Waals surface area contributed by atoms with E-state index >= 15 is 0 Å². The van der Waals surface area contributed by atoms with E-state index in [0.29, 0.717) is 0 Å². The summed E-state index contributed by atoms with van der Waals surface area (Å²) in [5.41, 5.74) is 0.824. The standard InChI is InChI=1S/C11H14N4S/c1-11(2,3)15-8-9(13-14-15)4-5-10-12-6-7-16-10/h4-8H,1-3H3/b5-4+. The molecule has 0 radical (unpaired) electrons. The highest BCUT2D eigenvalue weighted by Gasteiger charge is 2.13. The largest absolute Gasteiger partial charge is 0.247 e. The van der Waals surface area contributed by atoms with Gasteiger partial charge in [-0.2, -0.15) is 0 Å². The van der Waals surface area contributed by atoms with Crippen LogP contribution in [0.15, 0.2) is 17.8 Å². The van der Waals surface area contributed by atoms with Crippen molar-refractivity contribution < 1.29 is 0 Å². The fourth-order valence-electron chi connectivity index (χ4n) is 1.15. The summed E-state index contributed by atoms with van der Waals surface area (Å²) in [6.07, 6.45) is 7.59. The minimum atomic E-state index is -0.0275. The Balaban J connectivity index is 2.15. The summed E-state index contributed by atoms with van der Waals surface area (Å²) >= 11 is 1.60. The van der Waals surface area contributed by atoms with E-state index < -0.39 is 0 Å². The molecule has 0 fully saturated rings. The average Bonchev–Trinajstić information content (AvgIpc) is 2.85. The van der Waals surface area contributed by atoms with Gasteiger partial charge in [-0.25, -0.2) is 9.67 Å². The van der Waals surface area contributed by atoms with Crippen molar-refractivity contribution in [3.8, 4) is 0 Å². The third-order valence-corrected chi connectivity index (χ3v) is 2.79. The molecular weight excluding hydrogens is 220 g/mol. The first kappa shape index (κ1) is 11.0. The molecule has 0 aromatic carbocycles. The normalized spacial score (nSPS) is 12.4. The lowest BCUT2D eigenvalue weighted by molar-refractivity contribution is 0.347. The molecule has 0 atom stereocenters. The quantitative estimate of drug-likeness (QED) is 0.802. The second-order valence-corrected chi connectivity index (χ2v) is 5.39.